The monoisotopic (exact) mass is 265 g/mol. The summed E-state index contributed by atoms with van der Waals surface area (Å²) in [6.45, 7) is 1.45. The van der Waals surface area contributed by atoms with Crippen LogP contribution in [0.15, 0.2) is 39.4 Å². The Labute approximate surface area is 95.3 Å². The molecule has 0 amide bonds. The molecule has 0 atom stereocenters. The van der Waals surface area contributed by atoms with Crippen LogP contribution in [0, 0.1) is 0 Å². The Bertz CT molecular complexity index is 488. The zero-order valence-electron chi connectivity index (χ0n) is 8.03. The number of carbonyl (C=O) groups is 1. The van der Waals surface area contributed by atoms with Crippen molar-refractivity contribution in [2.24, 2.45) is 0 Å². The molecule has 0 aliphatic rings. The van der Waals surface area contributed by atoms with Crippen LogP contribution in [0.5, 0.6) is 0 Å². The number of benzene rings is 1. The van der Waals surface area contributed by atoms with E-state index >= 15 is 0 Å². The fourth-order valence-corrected chi connectivity index (χ4v) is 1.43. The first-order valence-electron chi connectivity index (χ1n) is 4.39. The number of ketones is 1. The SMILES string of the molecule is CC(=O)c1cnc(-c2ccc(Br)cc2)o1. The zero-order chi connectivity index (χ0) is 10.8. The number of carbonyl (C=O) groups excluding carboxylic acids is 1. The molecule has 1 heterocycles. The third-order valence-electron chi connectivity index (χ3n) is 1.94. The maximum Gasteiger partial charge on any atom is 0.226 e. The van der Waals surface area contributed by atoms with Crippen molar-refractivity contribution in [3.8, 4) is 11.5 Å². The molecular formula is C11H8BrNO2. The number of oxazole rings is 1. The number of Topliss-reactive ketones (excluding diaryl/α,β-unsaturated/α-hetero) is 1. The van der Waals surface area contributed by atoms with Crippen molar-refractivity contribution in [3.63, 3.8) is 0 Å². The second kappa shape index (κ2) is 3.98. The summed E-state index contributed by atoms with van der Waals surface area (Å²) < 4.78 is 6.29. The highest BCUT2D eigenvalue weighted by Crippen LogP contribution is 2.21. The van der Waals surface area contributed by atoms with Gasteiger partial charge in [-0.15, -0.1) is 0 Å². The quantitative estimate of drug-likeness (QED) is 0.783. The van der Waals surface area contributed by atoms with E-state index in [0.29, 0.717) is 5.89 Å². The largest absolute Gasteiger partial charge is 0.433 e. The highest BCUT2D eigenvalue weighted by Gasteiger charge is 2.09. The van der Waals surface area contributed by atoms with Crippen LogP contribution in [-0.2, 0) is 0 Å². The number of halogens is 1. The van der Waals surface area contributed by atoms with Gasteiger partial charge < -0.3 is 4.42 Å². The van der Waals surface area contributed by atoms with Gasteiger partial charge in [0.25, 0.3) is 0 Å². The molecule has 0 N–H and O–H groups in total. The first kappa shape index (κ1) is 10.1. The Morgan fingerprint density at radius 2 is 2.00 bits per heavy atom. The molecule has 0 unspecified atom stereocenters. The van der Waals surface area contributed by atoms with Gasteiger partial charge in [0.05, 0.1) is 6.20 Å². The molecule has 15 heavy (non-hydrogen) atoms. The lowest BCUT2D eigenvalue weighted by Crippen LogP contribution is -1.86. The molecule has 0 saturated heterocycles. The highest BCUT2D eigenvalue weighted by atomic mass is 79.9. The first-order chi connectivity index (χ1) is 7.16. The van der Waals surface area contributed by atoms with Gasteiger partial charge in [-0.1, -0.05) is 15.9 Å². The van der Waals surface area contributed by atoms with Gasteiger partial charge in [-0.3, -0.25) is 4.79 Å². The third kappa shape index (κ3) is 2.15. The predicted molar refractivity (Wildman–Crippen MR) is 59.6 cm³/mol. The Kier molecular flexibility index (Phi) is 2.68. The summed E-state index contributed by atoms with van der Waals surface area (Å²) >= 11 is 3.34. The molecular weight excluding hydrogens is 258 g/mol. The van der Waals surface area contributed by atoms with Crippen molar-refractivity contribution in [2.45, 2.75) is 6.92 Å². The van der Waals surface area contributed by atoms with Crippen molar-refractivity contribution < 1.29 is 9.21 Å². The van der Waals surface area contributed by atoms with E-state index in [-0.39, 0.29) is 11.5 Å². The molecule has 2 rings (SSSR count). The van der Waals surface area contributed by atoms with Crippen LogP contribution in [0.3, 0.4) is 0 Å². The Balaban J connectivity index is 2.37. The van der Waals surface area contributed by atoms with Crippen molar-refractivity contribution in [1.29, 1.82) is 0 Å². The Morgan fingerprint density at radius 1 is 1.33 bits per heavy atom. The maximum atomic E-state index is 11.0. The number of aromatic nitrogens is 1. The molecule has 0 fully saturated rings. The Hall–Kier alpha value is -1.42. The molecule has 0 spiro atoms. The summed E-state index contributed by atoms with van der Waals surface area (Å²) in [5.41, 5.74) is 0.853. The van der Waals surface area contributed by atoms with Crippen molar-refractivity contribution in [2.75, 3.05) is 0 Å². The van der Waals surface area contributed by atoms with Crippen molar-refractivity contribution >= 4 is 21.7 Å². The van der Waals surface area contributed by atoms with Gasteiger partial charge in [-0.25, -0.2) is 4.98 Å². The van der Waals surface area contributed by atoms with Crippen LogP contribution >= 0.6 is 15.9 Å². The van der Waals surface area contributed by atoms with Crippen LogP contribution in [0.1, 0.15) is 17.5 Å². The molecule has 0 bridgehead atoms. The molecule has 0 saturated carbocycles. The van der Waals surface area contributed by atoms with E-state index in [9.17, 15) is 4.79 Å². The molecule has 76 valence electrons. The van der Waals surface area contributed by atoms with Gasteiger partial charge >= 0.3 is 0 Å². The van der Waals surface area contributed by atoms with Crippen LogP contribution in [0.4, 0.5) is 0 Å². The summed E-state index contributed by atoms with van der Waals surface area (Å²) in [5, 5.41) is 0. The minimum absolute atomic E-state index is 0.120. The molecule has 0 radical (unpaired) electrons. The molecule has 2 aromatic rings. The summed E-state index contributed by atoms with van der Waals surface area (Å²) in [6, 6.07) is 7.54. The van der Waals surface area contributed by atoms with E-state index in [2.05, 4.69) is 20.9 Å². The summed E-state index contributed by atoms with van der Waals surface area (Å²) in [6.07, 6.45) is 1.44. The number of rotatable bonds is 2. The van der Waals surface area contributed by atoms with E-state index in [0.717, 1.165) is 10.0 Å². The van der Waals surface area contributed by atoms with Gasteiger partial charge in [0.2, 0.25) is 5.89 Å². The van der Waals surface area contributed by atoms with Crippen LogP contribution in [-0.4, -0.2) is 10.8 Å². The molecule has 0 aliphatic heterocycles. The lowest BCUT2D eigenvalue weighted by Gasteiger charge is -1.94. The third-order valence-corrected chi connectivity index (χ3v) is 2.47. The molecule has 4 heteroatoms. The normalized spacial score (nSPS) is 10.3. The standard InChI is InChI=1S/C11H8BrNO2/c1-7(14)10-6-13-11(15-10)8-2-4-9(12)5-3-8/h2-6H,1H3. The van der Waals surface area contributed by atoms with E-state index in [1.54, 1.807) is 0 Å². The van der Waals surface area contributed by atoms with E-state index in [4.69, 9.17) is 4.42 Å². The number of hydrogen-bond donors (Lipinski definition) is 0. The van der Waals surface area contributed by atoms with Crippen molar-refractivity contribution in [1.82, 2.24) is 4.98 Å². The van der Waals surface area contributed by atoms with E-state index in [1.807, 2.05) is 24.3 Å². The maximum absolute atomic E-state index is 11.0. The zero-order valence-corrected chi connectivity index (χ0v) is 9.61. The predicted octanol–water partition coefficient (Wildman–Crippen LogP) is 3.31. The fraction of sp³-hybridized carbons (Fsp3) is 0.0909. The first-order valence-corrected chi connectivity index (χ1v) is 5.19. The van der Waals surface area contributed by atoms with Gasteiger partial charge in [-0.05, 0) is 24.3 Å². The minimum atomic E-state index is -0.120. The number of hydrogen-bond acceptors (Lipinski definition) is 3. The summed E-state index contributed by atoms with van der Waals surface area (Å²) in [4.78, 5) is 15.0. The van der Waals surface area contributed by atoms with Crippen LogP contribution < -0.4 is 0 Å². The molecule has 0 aliphatic carbocycles. The average molecular weight is 266 g/mol. The van der Waals surface area contributed by atoms with E-state index < -0.39 is 0 Å². The number of nitrogens with zero attached hydrogens (tertiary/aromatic N) is 1. The summed E-state index contributed by atoms with van der Waals surface area (Å²) in [5.74, 6) is 0.631. The lowest BCUT2D eigenvalue weighted by atomic mass is 10.2. The Morgan fingerprint density at radius 3 is 2.53 bits per heavy atom. The van der Waals surface area contributed by atoms with Gasteiger partial charge in [0.15, 0.2) is 11.5 Å². The highest BCUT2D eigenvalue weighted by molar-refractivity contribution is 9.10. The van der Waals surface area contributed by atoms with Crippen LogP contribution in [0.25, 0.3) is 11.5 Å². The molecule has 1 aromatic heterocycles. The van der Waals surface area contributed by atoms with Crippen molar-refractivity contribution in [3.05, 3.63) is 40.7 Å². The molecule has 3 nitrogen and oxygen atoms in total. The average Bonchev–Trinajstić information content (AvgIpc) is 2.68. The lowest BCUT2D eigenvalue weighted by molar-refractivity contribution is 0.0988. The van der Waals surface area contributed by atoms with Crippen LogP contribution in [0.2, 0.25) is 0 Å². The second-order valence-corrected chi connectivity index (χ2v) is 4.01. The topological polar surface area (TPSA) is 43.1 Å². The molecule has 1 aromatic carbocycles. The van der Waals surface area contributed by atoms with Gasteiger partial charge in [0.1, 0.15) is 0 Å². The van der Waals surface area contributed by atoms with E-state index in [1.165, 1.54) is 13.1 Å². The van der Waals surface area contributed by atoms with Gasteiger partial charge in [-0.2, -0.15) is 0 Å². The summed E-state index contributed by atoms with van der Waals surface area (Å²) in [7, 11) is 0. The fourth-order valence-electron chi connectivity index (χ4n) is 1.16. The van der Waals surface area contributed by atoms with Gasteiger partial charge in [0, 0.05) is 17.0 Å². The second-order valence-electron chi connectivity index (χ2n) is 3.09. The smallest absolute Gasteiger partial charge is 0.226 e. The minimum Gasteiger partial charge on any atom is -0.433 e.